The minimum atomic E-state index is 0.328. The lowest BCUT2D eigenvalue weighted by molar-refractivity contribution is 0.0284. The number of rotatable bonds is 5. The molecule has 82 valence electrons. The first-order chi connectivity index (χ1) is 6.85. The van der Waals surface area contributed by atoms with Gasteiger partial charge in [-0.15, -0.1) is 11.6 Å². The molecule has 0 aliphatic heterocycles. The molecule has 0 amide bonds. The smallest absolute Gasteiger partial charge is 0.0533 e. The van der Waals surface area contributed by atoms with Crippen LogP contribution in [0.4, 0.5) is 0 Å². The predicted molar refractivity (Wildman–Crippen MR) is 59.8 cm³/mol. The van der Waals surface area contributed by atoms with E-state index in [0.29, 0.717) is 5.41 Å². The van der Waals surface area contributed by atoms with Crippen molar-refractivity contribution in [1.29, 1.82) is 0 Å². The van der Waals surface area contributed by atoms with Crippen LogP contribution in [0.3, 0.4) is 0 Å². The molecule has 1 nitrogen and oxygen atoms in total. The fraction of sp³-hybridized carbons (Fsp3) is 1.00. The van der Waals surface area contributed by atoms with Crippen molar-refractivity contribution in [3.05, 3.63) is 0 Å². The Bertz CT molecular complexity index is 171. The molecule has 2 aliphatic rings. The maximum Gasteiger partial charge on any atom is 0.0533 e. The molecule has 0 heterocycles. The molecule has 2 rings (SSSR count). The van der Waals surface area contributed by atoms with Crippen molar-refractivity contribution < 1.29 is 4.74 Å². The molecule has 2 fully saturated rings. The fourth-order valence-electron chi connectivity index (χ4n) is 2.34. The van der Waals surface area contributed by atoms with E-state index in [1.165, 1.54) is 44.9 Å². The molecule has 0 saturated heterocycles. The summed E-state index contributed by atoms with van der Waals surface area (Å²) in [6, 6.07) is 0. The molecule has 0 radical (unpaired) electrons. The third-order valence-corrected chi connectivity index (χ3v) is 4.22. The minimum Gasteiger partial charge on any atom is -0.381 e. The second kappa shape index (κ2) is 4.85. The SMILES string of the molecule is ClCC1(COCC2CC2)CCCCC1. The number of hydrogen-bond donors (Lipinski definition) is 0. The molecule has 0 spiro atoms. The number of ether oxygens (including phenoxy) is 1. The Morgan fingerprint density at radius 3 is 2.43 bits per heavy atom. The van der Waals surface area contributed by atoms with Crippen molar-refractivity contribution in [3.8, 4) is 0 Å². The van der Waals surface area contributed by atoms with E-state index in [-0.39, 0.29) is 0 Å². The van der Waals surface area contributed by atoms with Crippen molar-refractivity contribution in [2.75, 3.05) is 19.1 Å². The van der Waals surface area contributed by atoms with E-state index in [2.05, 4.69) is 0 Å². The maximum atomic E-state index is 6.09. The third kappa shape index (κ3) is 2.87. The molecule has 0 aromatic carbocycles. The van der Waals surface area contributed by atoms with Gasteiger partial charge in [-0.1, -0.05) is 19.3 Å². The van der Waals surface area contributed by atoms with Crippen LogP contribution < -0.4 is 0 Å². The highest BCUT2D eigenvalue weighted by molar-refractivity contribution is 6.18. The summed E-state index contributed by atoms with van der Waals surface area (Å²) < 4.78 is 5.81. The van der Waals surface area contributed by atoms with Crippen molar-refractivity contribution in [2.24, 2.45) is 11.3 Å². The second-order valence-corrected chi connectivity index (χ2v) is 5.42. The second-order valence-electron chi connectivity index (χ2n) is 5.15. The number of halogens is 1. The minimum absolute atomic E-state index is 0.328. The first-order valence-electron chi connectivity index (χ1n) is 5.98. The molecular formula is C12H21ClO. The van der Waals surface area contributed by atoms with Gasteiger partial charge < -0.3 is 4.74 Å². The largest absolute Gasteiger partial charge is 0.381 e. The monoisotopic (exact) mass is 216 g/mol. The summed E-state index contributed by atoms with van der Waals surface area (Å²) in [5.74, 6) is 1.67. The topological polar surface area (TPSA) is 9.23 Å². The average Bonchev–Trinajstić information content (AvgIpc) is 3.03. The van der Waals surface area contributed by atoms with Crippen LogP contribution in [0.15, 0.2) is 0 Å². The summed E-state index contributed by atoms with van der Waals surface area (Å²) in [6.45, 7) is 1.89. The van der Waals surface area contributed by atoms with Gasteiger partial charge in [-0.05, 0) is 31.6 Å². The molecule has 2 heteroatoms. The molecule has 2 saturated carbocycles. The van der Waals surface area contributed by atoms with Gasteiger partial charge in [-0.25, -0.2) is 0 Å². The van der Waals surface area contributed by atoms with E-state index in [1.54, 1.807) is 0 Å². The van der Waals surface area contributed by atoms with Crippen LogP contribution in [-0.2, 0) is 4.74 Å². The Kier molecular flexibility index (Phi) is 3.73. The molecular weight excluding hydrogens is 196 g/mol. The van der Waals surface area contributed by atoms with E-state index in [0.717, 1.165) is 25.0 Å². The molecule has 0 unspecified atom stereocenters. The zero-order valence-corrected chi connectivity index (χ0v) is 9.69. The lowest BCUT2D eigenvalue weighted by atomic mass is 9.76. The number of alkyl halides is 1. The highest BCUT2D eigenvalue weighted by Gasteiger charge is 2.32. The van der Waals surface area contributed by atoms with E-state index in [4.69, 9.17) is 16.3 Å². The molecule has 14 heavy (non-hydrogen) atoms. The van der Waals surface area contributed by atoms with Crippen LogP contribution in [0.2, 0.25) is 0 Å². The Labute approximate surface area is 92.2 Å². The zero-order chi connectivity index (χ0) is 9.86. The Balaban J connectivity index is 1.71. The van der Waals surface area contributed by atoms with Gasteiger partial charge in [0.25, 0.3) is 0 Å². The summed E-state index contributed by atoms with van der Waals surface area (Å²) in [7, 11) is 0. The zero-order valence-electron chi connectivity index (χ0n) is 8.93. The summed E-state index contributed by atoms with van der Waals surface area (Å²) in [5.41, 5.74) is 0.328. The standard InChI is InChI=1S/C12H21ClO/c13-9-12(6-2-1-3-7-12)10-14-8-11-4-5-11/h11H,1-10H2. The summed E-state index contributed by atoms with van der Waals surface area (Å²) in [6.07, 6.45) is 9.41. The molecule has 0 bridgehead atoms. The van der Waals surface area contributed by atoms with E-state index in [1.807, 2.05) is 0 Å². The van der Waals surface area contributed by atoms with Gasteiger partial charge in [-0.3, -0.25) is 0 Å². The van der Waals surface area contributed by atoms with E-state index < -0.39 is 0 Å². The fourth-order valence-corrected chi connectivity index (χ4v) is 2.69. The lowest BCUT2D eigenvalue weighted by Crippen LogP contribution is -2.31. The van der Waals surface area contributed by atoms with Gasteiger partial charge in [0.05, 0.1) is 6.61 Å². The van der Waals surface area contributed by atoms with Crippen LogP contribution in [-0.4, -0.2) is 19.1 Å². The Morgan fingerprint density at radius 2 is 1.86 bits per heavy atom. The van der Waals surface area contributed by atoms with E-state index >= 15 is 0 Å². The highest BCUT2D eigenvalue weighted by Crippen LogP contribution is 2.38. The van der Waals surface area contributed by atoms with Crippen LogP contribution in [0.5, 0.6) is 0 Å². The normalized spacial score (nSPS) is 26.4. The summed E-state index contributed by atoms with van der Waals surface area (Å²) in [5, 5.41) is 0. The van der Waals surface area contributed by atoms with Gasteiger partial charge in [0.2, 0.25) is 0 Å². The molecule has 0 N–H and O–H groups in total. The first-order valence-corrected chi connectivity index (χ1v) is 6.52. The van der Waals surface area contributed by atoms with Crippen LogP contribution >= 0.6 is 11.6 Å². The van der Waals surface area contributed by atoms with Crippen molar-refractivity contribution in [1.82, 2.24) is 0 Å². The maximum absolute atomic E-state index is 6.09. The Hall–Kier alpha value is 0.250. The first kappa shape index (κ1) is 10.8. The van der Waals surface area contributed by atoms with Crippen molar-refractivity contribution in [3.63, 3.8) is 0 Å². The average molecular weight is 217 g/mol. The van der Waals surface area contributed by atoms with Crippen LogP contribution in [0, 0.1) is 11.3 Å². The lowest BCUT2D eigenvalue weighted by Gasteiger charge is -2.35. The van der Waals surface area contributed by atoms with Gasteiger partial charge in [0.1, 0.15) is 0 Å². The van der Waals surface area contributed by atoms with Crippen LogP contribution in [0.25, 0.3) is 0 Å². The predicted octanol–water partition coefficient (Wildman–Crippen LogP) is 3.60. The molecule has 0 aromatic rings. The van der Waals surface area contributed by atoms with Gasteiger partial charge in [0.15, 0.2) is 0 Å². The molecule has 0 atom stereocenters. The molecule has 0 aromatic heterocycles. The van der Waals surface area contributed by atoms with Crippen molar-refractivity contribution in [2.45, 2.75) is 44.9 Å². The van der Waals surface area contributed by atoms with E-state index in [9.17, 15) is 0 Å². The van der Waals surface area contributed by atoms with Crippen molar-refractivity contribution >= 4 is 11.6 Å². The van der Waals surface area contributed by atoms with Gasteiger partial charge >= 0.3 is 0 Å². The molecule has 2 aliphatic carbocycles. The van der Waals surface area contributed by atoms with Gasteiger partial charge in [-0.2, -0.15) is 0 Å². The quantitative estimate of drug-likeness (QED) is 0.639. The highest BCUT2D eigenvalue weighted by atomic mass is 35.5. The van der Waals surface area contributed by atoms with Crippen LogP contribution in [0.1, 0.15) is 44.9 Å². The van der Waals surface area contributed by atoms with Gasteiger partial charge in [0, 0.05) is 17.9 Å². The summed E-state index contributed by atoms with van der Waals surface area (Å²) >= 11 is 6.09. The Morgan fingerprint density at radius 1 is 1.14 bits per heavy atom. The number of hydrogen-bond acceptors (Lipinski definition) is 1. The third-order valence-electron chi connectivity index (χ3n) is 3.66. The summed E-state index contributed by atoms with van der Waals surface area (Å²) in [4.78, 5) is 0.